The zero-order valence-corrected chi connectivity index (χ0v) is 10.2. The van der Waals surface area contributed by atoms with Crippen LogP contribution >= 0.6 is 0 Å². The van der Waals surface area contributed by atoms with Gasteiger partial charge in [0, 0.05) is 29.8 Å². The number of hydrogen-bond acceptors (Lipinski definition) is 5. The highest BCUT2D eigenvalue weighted by atomic mass is 16.5. The number of ether oxygens (including phenoxy) is 1. The second kappa shape index (κ2) is 4.86. The second-order valence-electron chi connectivity index (χ2n) is 4.05. The normalized spacial score (nSPS) is 10.2. The van der Waals surface area contributed by atoms with Crippen LogP contribution in [0, 0.1) is 11.3 Å². The first-order valence-electron chi connectivity index (χ1n) is 5.82. The van der Waals surface area contributed by atoms with Crippen molar-refractivity contribution in [2.75, 3.05) is 0 Å². The highest BCUT2D eigenvalue weighted by Crippen LogP contribution is 2.23. The molecule has 0 aliphatic rings. The van der Waals surface area contributed by atoms with Crippen LogP contribution in [0.15, 0.2) is 57.9 Å². The Labute approximate surface area is 113 Å². The van der Waals surface area contributed by atoms with Crippen molar-refractivity contribution < 1.29 is 9.15 Å². The Morgan fingerprint density at radius 2 is 2.00 bits per heavy atom. The second-order valence-corrected chi connectivity index (χ2v) is 4.05. The van der Waals surface area contributed by atoms with Crippen LogP contribution in [0.1, 0.15) is 5.56 Å². The summed E-state index contributed by atoms with van der Waals surface area (Å²) in [5.74, 6) is 0.866. The fourth-order valence-electron chi connectivity index (χ4n) is 1.73. The lowest BCUT2D eigenvalue weighted by Crippen LogP contribution is -1.94. The van der Waals surface area contributed by atoms with Crippen molar-refractivity contribution >= 4 is 11.0 Å². The van der Waals surface area contributed by atoms with Crippen LogP contribution in [0.5, 0.6) is 11.6 Å². The largest absolute Gasteiger partial charge is 0.439 e. The van der Waals surface area contributed by atoms with Gasteiger partial charge < -0.3 is 9.15 Å². The quantitative estimate of drug-likeness (QED) is 0.665. The summed E-state index contributed by atoms with van der Waals surface area (Å²) in [6, 6.07) is 13.4. The summed E-state index contributed by atoms with van der Waals surface area (Å²) < 4.78 is 10.6. The van der Waals surface area contributed by atoms with E-state index in [0.717, 1.165) is 5.39 Å². The van der Waals surface area contributed by atoms with Crippen molar-refractivity contribution in [1.82, 2.24) is 4.98 Å². The lowest BCUT2D eigenvalue weighted by Gasteiger charge is -2.05. The van der Waals surface area contributed by atoms with Crippen LogP contribution in [0.3, 0.4) is 0 Å². The first-order valence-corrected chi connectivity index (χ1v) is 5.82. The van der Waals surface area contributed by atoms with E-state index in [1.165, 1.54) is 12.3 Å². The minimum Gasteiger partial charge on any atom is -0.439 e. The van der Waals surface area contributed by atoms with E-state index in [4.69, 9.17) is 14.4 Å². The summed E-state index contributed by atoms with van der Waals surface area (Å²) in [5, 5.41) is 9.50. The molecule has 0 saturated carbocycles. The molecule has 1 aromatic carbocycles. The molecule has 2 aromatic heterocycles. The van der Waals surface area contributed by atoms with Gasteiger partial charge in [-0.1, -0.05) is 0 Å². The number of hydrogen-bond donors (Lipinski definition) is 0. The van der Waals surface area contributed by atoms with Gasteiger partial charge in [-0.15, -0.1) is 0 Å². The van der Waals surface area contributed by atoms with Gasteiger partial charge in [0.1, 0.15) is 17.4 Å². The van der Waals surface area contributed by atoms with Gasteiger partial charge in [0.2, 0.25) is 5.88 Å². The van der Waals surface area contributed by atoms with E-state index >= 15 is 0 Å². The number of aromatic nitrogens is 1. The predicted octanol–water partition coefficient (Wildman–Crippen LogP) is 2.85. The van der Waals surface area contributed by atoms with Crippen molar-refractivity contribution in [3.8, 4) is 17.7 Å². The average molecular weight is 264 g/mol. The van der Waals surface area contributed by atoms with Crippen molar-refractivity contribution in [3.63, 3.8) is 0 Å². The van der Waals surface area contributed by atoms with Gasteiger partial charge in [0.25, 0.3) is 0 Å². The molecule has 0 atom stereocenters. The molecule has 0 unspecified atom stereocenters. The Kier molecular flexibility index (Phi) is 2.90. The molecule has 20 heavy (non-hydrogen) atoms. The molecule has 0 amide bonds. The highest BCUT2D eigenvalue weighted by molar-refractivity contribution is 5.77. The topological polar surface area (TPSA) is 76.1 Å². The van der Waals surface area contributed by atoms with Gasteiger partial charge in [-0.05, 0) is 24.3 Å². The Balaban J connectivity index is 1.93. The van der Waals surface area contributed by atoms with Gasteiger partial charge in [-0.25, -0.2) is 9.78 Å². The van der Waals surface area contributed by atoms with E-state index < -0.39 is 5.63 Å². The van der Waals surface area contributed by atoms with E-state index in [9.17, 15) is 4.79 Å². The van der Waals surface area contributed by atoms with Gasteiger partial charge in [0.05, 0.1) is 5.56 Å². The zero-order valence-electron chi connectivity index (χ0n) is 10.2. The van der Waals surface area contributed by atoms with Crippen molar-refractivity contribution in [2.24, 2.45) is 0 Å². The fraction of sp³-hybridized carbons (Fsp3) is 0. The number of benzene rings is 1. The molecule has 0 bridgehead atoms. The molecule has 0 N–H and O–H groups in total. The summed E-state index contributed by atoms with van der Waals surface area (Å²) >= 11 is 0. The summed E-state index contributed by atoms with van der Waals surface area (Å²) in [4.78, 5) is 15.2. The number of fused-ring (bicyclic) bond motifs is 1. The highest BCUT2D eigenvalue weighted by Gasteiger charge is 2.03. The smallest absolute Gasteiger partial charge is 0.336 e. The van der Waals surface area contributed by atoms with E-state index in [-0.39, 0.29) is 0 Å². The van der Waals surface area contributed by atoms with Gasteiger partial charge in [-0.3, -0.25) is 0 Å². The molecule has 0 aliphatic carbocycles. The Hall–Kier alpha value is -3.13. The monoisotopic (exact) mass is 264 g/mol. The van der Waals surface area contributed by atoms with Crippen molar-refractivity contribution in [3.05, 3.63) is 64.6 Å². The number of pyridine rings is 1. The minimum absolute atomic E-state index is 0.363. The maximum absolute atomic E-state index is 11.2. The molecule has 0 fully saturated rings. The van der Waals surface area contributed by atoms with Gasteiger partial charge in [0.15, 0.2) is 0 Å². The van der Waals surface area contributed by atoms with E-state index in [1.807, 2.05) is 6.07 Å². The Morgan fingerprint density at radius 3 is 2.75 bits per heavy atom. The molecular formula is C15H8N2O3. The zero-order chi connectivity index (χ0) is 13.9. The molecule has 3 rings (SSSR count). The van der Waals surface area contributed by atoms with Crippen LogP contribution in [-0.4, -0.2) is 4.98 Å². The molecule has 0 radical (unpaired) electrons. The molecule has 5 nitrogen and oxygen atoms in total. The number of nitrogens with zero attached hydrogens (tertiary/aromatic N) is 2. The van der Waals surface area contributed by atoms with Crippen LogP contribution < -0.4 is 10.4 Å². The maximum atomic E-state index is 11.2. The number of rotatable bonds is 2. The maximum Gasteiger partial charge on any atom is 0.336 e. The summed E-state index contributed by atoms with van der Waals surface area (Å²) in [5.41, 5.74) is 0.497. The average Bonchev–Trinajstić information content (AvgIpc) is 2.47. The molecule has 0 aliphatic heterocycles. The summed E-state index contributed by atoms with van der Waals surface area (Å²) in [7, 11) is 0. The molecule has 5 heteroatoms. The van der Waals surface area contributed by atoms with E-state index in [2.05, 4.69) is 4.98 Å². The van der Waals surface area contributed by atoms with Crippen LogP contribution in [0.2, 0.25) is 0 Å². The molecule has 3 aromatic rings. The lowest BCUT2D eigenvalue weighted by atomic mass is 10.2. The standard InChI is InChI=1S/C15H8N2O3/c16-8-10-1-5-14(17-9-10)19-12-4-2-11-3-6-15(18)20-13(11)7-12/h1-7,9H. The van der Waals surface area contributed by atoms with E-state index in [1.54, 1.807) is 36.4 Å². The Bertz CT molecular complexity index is 861. The molecule has 0 saturated heterocycles. The van der Waals surface area contributed by atoms with E-state index in [0.29, 0.717) is 22.8 Å². The SMILES string of the molecule is N#Cc1ccc(Oc2ccc3ccc(=O)oc3c2)nc1. The summed E-state index contributed by atoms with van der Waals surface area (Å²) in [6.45, 7) is 0. The van der Waals surface area contributed by atoms with Gasteiger partial charge >= 0.3 is 5.63 Å². The van der Waals surface area contributed by atoms with Crippen LogP contribution in [0.25, 0.3) is 11.0 Å². The molecule has 0 spiro atoms. The third kappa shape index (κ3) is 2.35. The number of nitriles is 1. The minimum atomic E-state index is -0.411. The fourth-order valence-corrected chi connectivity index (χ4v) is 1.73. The van der Waals surface area contributed by atoms with Gasteiger partial charge in [-0.2, -0.15) is 5.26 Å². The first kappa shape index (κ1) is 11.9. The lowest BCUT2D eigenvalue weighted by molar-refractivity contribution is 0.461. The molecular weight excluding hydrogens is 256 g/mol. The predicted molar refractivity (Wildman–Crippen MR) is 71.5 cm³/mol. The summed E-state index contributed by atoms with van der Waals surface area (Å²) in [6.07, 6.45) is 1.43. The molecule has 96 valence electrons. The molecule has 2 heterocycles. The van der Waals surface area contributed by atoms with Crippen LogP contribution in [-0.2, 0) is 0 Å². The Morgan fingerprint density at radius 1 is 1.15 bits per heavy atom. The van der Waals surface area contributed by atoms with Crippen LogP contribution in [0.4, 0.5) is 0 Å². The van der Waals surface area contributed by atoms with Crippen molar-refractivity contribution in [2.45, 2.75) is 0 Å². The third-order valence-corrected chi connectivity index (χ3v) is 2.68. The van der Waals surface area contributed by atoms with Crippen molar-refractivity contribution in [1.29, 1.82) is 5.26 Å². The first-order chi connectivity index (χ1) is 9.74. The third-order valence-electron chi connectivity index (χ3n) is 2.68.